The number of carbonyl (C=O) groups excluding carboxylic acids is 1. The van der Waals surface area contributed by atoms with Crippen LogP contribution >= 0.6 is 0 Å². The van der Waals surface area contributed by atoms with Crippen LogP contribution in [-0.2, 0) is 4.79 Å². The van der Waals surface area contributed by atoms with Crippen LogP contribution in [0.1, 0.15) is 19.3 Å². The molecule has 1 fully saturated rings. The van der Waals surface area contributed by atoms with E-state index in [1.54, 1.807) is 24.7 Å². The zero-order valence-electron chi connectivity index (χ0n) is 26.5. The summed E-state index contributed by atoms with van der Waals surface area (Å²) in [6, 6.07) is 17.0. The van der Waals surface area contributed by atoms with Crippen molar-refractivity contribution in [2.45, 2.75) is 19.3 Å². The van der Waals surface area contributed by atoms with Crippen molar-refractivity contribution < 1.29 is 9.18 Å². The van der Waals surface area contributed by atoms with Crippen molar-refractivity contribution in [2.24, 2.45) is 5.92 Å². The number of hydrogen-bond acceptors (Lipinski definition) is 7. The zero-order chi connectivity index (χ0) is 32.3. The Hall–Kier alpha value is -5.13. The topological polar surface area (TPSA) is 127 Å². The fraction of sp³-hybridized carbons (Fsp3) is 0.278. The molecule has 10 nitrogen and oxygen atoms in total. The molecule has 1 saturated heterocycles. The van der Waals surface area contributed by atoms with Gasteiger partial charge in [-0.1, -0.05) is 12.1 Å². The summed E-state index contributed by atoms with van der Waals surface area (Å²) in [4.78, 5) is 27.4. The van der Waals surface area contributed by atoms with Gasteiger partial charge in [-0.05, 0) is 99.5 Å². The second-order valence-electron chi connectivity index (χ2n) is 12.5. The van der Waals surface area contributed by atoms with Gasteiger partial charge in [0.2, 0.25) is 5.91 Å². The number of likely N-dealkylation sites (N-methyl/N-ethyl adjacent to an activating group) is 1. The molecule has 5 heterocycles. The highest BCUT2D eigenvalue weighted by Gasteiger charge is 2.18. The van der Waals surface area contributed by atoms with Crippen LogP contribution in [0.3, 0.4) is 0 Å². The van der Waals surface area contributed by atoms with E-state index in [1.165, 1.54) is 6.07 Å². The predicted molar refractivity (Wildman–Crippen MR) is 186 cm³/mol. The largest absolute Gasteiger partial charge is 0.384 e. The highest BCUT2D eigenvalue weighted by Crippen LogP contribution is 2.36. The van der Waals surface area contributed by atoms with E-state index < -0.39 is 0 Å². The van der Waals surface area contributed by atoms with E-state index in [4.69, 9.17) is 0 Å². The average Bonchev–Trinajstić information content (AvgIpc) is 3.69. The standard InChI is InChI=1S/C36H38FN9O/c1-46(2)11-10-40-26-14-23(13-25(37)16-26)28-4-3-5-31-29(28)17-33(43-31)36-30-18-32(41-21-34(30)44-45-36)24-15-27(20-39-19-24)42-35(47)12-22-6-8-38-9-7-22/h3-5,13-22,38,40,43H,6-12H2,1-2H3,(H,42,47)(H,44,45). The van der Waals surface area contributed by atoms with Crippen LogP contribution in [0.5, 0.6) is 0 Å². The van der Waals surface area contributed by atoms with Crippen molar-refractivity contribution >= 4 is 39.1 Å². The van der Waals surface area contributed by atoms with Gasteiger partial charge in [-0.2, -0.15) is 5.10 Å². The lowest BCUT2D eigenvalue weighted by molar-refractivity contribution is -0.117. The molecule has 47 heavy (non-hydrogen) atoms. The third-order valence-electron chi connectivity index (χ3n) is 8.71. The minimum atomic E-state index is -0.291. The summed E-state index contributed by atoms with van der Waals surface area (Å²) < 4.78 is 14.8. The lowest BCUT2D eigenvalue weighted by atomic mass is 9.94. The molecule has 1 amide bonds. The summed E-state index contributed by atoms with van der Waals surface area (Å²) in [5.74, 6) is 0.114. The fourth-order valence-electron chi connectivity index (χ4n) is 6.29. The summed E-state index contributed by atoms with van der Waals surface area (Å²) >= 11 is 0. The first kappa shape index (κ1) is 30.5. The molecular weight excluding hydrogens is 593 g/mol. The van der Waals surface area contributed by atoms with Crippen LogP contribution < -0.4 is 16.0 Å². The van der Waals surface area contributed by atoms with Gasteiger partial charge in [0.25, 0.3) is 0 Å². The molecule has 0 radical (unpaired) electrons. The number of pyridine rings is 2. The maximum Gasteiger partial charge on any atom is 0.224 e. The van der Waals surface area contributed by atoms with Gasteiger partial charge in [0.15, 0.2) is 0 Å². The monoisotopic (exact) mass is 631 g/mol. The zero-order valence-corrected chi connectivity index (χ0v) is 26.5. The molecule has 7 rings (SSSR count). The van der Waals surface area contributed by atoms with E-state index in [-0.39, 0.29) is 11.7 Å². The molecule has 1 aliphatic heterocycles. The Kier molecular flexibility index (Phi) is 8.64. The number of fused-ring (bicyclic) bond motifs is 2. The third kappa shape index (κ3) is 6.86. The highest BCUT2D eigenvalue weighted by atomic mass is 19.1. The fourth-order valence-corrected chi connectivity index (χ4v) is 6.29. The van der Waals surface area contributed by atoms with Crippen molar-refractivity contribution in [2.75, 3.05) is 50.9 Å². The summed E-state index contributed by atoms with van der Waals surface area (Å²) in [6.07, 6.45) is 7.70. The molecule has 1 aliphatic rings. The van der Waals surface area contributed by atoms with E-state index in [2.05, 4.69) is 52.1 Å². The number of nitrogens with zero attached hydrogens (tertiary/aromatic N) is 4. The van der Waals surface area contributed by atoms with E-state index in [0.29, 0.717) is 30.3 Å². The molecule has 5 N–H and O–H groups in total. The molecule has 4 aromatic heterocycles. The molecule has 0 unspecified atom stereocenters. The maximum atomic E-state index is 14.8. The Labute approximate surface area is 272 Å². The molecule has 0 bridgehead atoms. The van der Waals surface area contributed by atoms with Crippen LogP contribution in [-0.4, -0.2) is 76.2 Å². The molecule has 2 aromatic carbocycles. The Morgan fingerprint density at radius 3 is 2.66 bits per heavy atom. The smallest absolute Gasteiger partial charge is 0.224 e. The lowest BCUT2D eigenvalue weighted by Gasteiger charge is -2.21. The molecule has 240 valence electrons. The molecule has 0 aliphatic carbocycles. The number of hydrogen-bond donors (Lipinski definition) is 5. The van der Waals surface area contributed by atoms with Crippen LogP contribution in [0.4, 0.5) is 15.8 Å². The van der Waals surface area contributed by atoms with Crippen LogP contribution in [0.2, 0.25) is 0 Å². The van der Waals surface area contributed by atoms with Crippen molar-refractivity contribution in [3.05, 3.63) is 79.0 Å². The van der Waals surface area contributed by atoms with E-state index in [9.17, 15) is 9.18 Å². The van der Waals surface area contributed by atoms with Crippen molar-refractivity contribution in [3.8, 4) is 33.8 Å². The summed E-state index contributed by atoms with van der Waals surface area (Å²) in [5, 5.41) is 19.3. The average molecular weight is 632 g/mol. The number of halogens is 1. The SMILES string of the molecule is CN(C)CCNc1cc(F)cc(-c2cccc3[nH]c(-c4n[nH]c5cnc(-c6cncc(NC(=O)CC7CCNCC7)c6)cc45)cc23)c1. The van der Waals surface area contributed by atoms with Gasteiger partial charge in [0.1, 0.15) is 11.5 Å². The molecule has 11 heteroatoms. The van der Waals surface area contributed by atoms with Gasteiger partial charge < -0.3 is 25.8 Å². The number of amides is 1. The van der Waals surface area contributed by atoms with E-state index in [0.717, 1.165) is 88.0 Å². The van der Waals surface area contributed by atoms with Gasteiger partial charge >= 0.3 is 0 Å². The first-order valence-corrected chi connectivity index (χ1v) is 16.0. The lowest BCUT2D eigenvalue weighted by Crippen LogP contribution is -2.30. The number of piperidine rings is 1. The number of carbonyl (C=O) groups is 1. The summed E-state index contributed by atoms with van der Waals surface area (Å²) in [7, 11) is 4.02. The number of nitrogens with one attached hydrogen (secondary N) is 5. The number of benzene rings is 2. The Bertz CT molecular complexity index is 2040. The maximum absolute atomic E-state index is 14.8. The number of aromatic nitrogens is 5. The predicted octanol–water partition coefficient (Wildman–Crippen LogP) is 6.28. The number of rotatable bonds is 10. The van der Waals surface area contributed by atoms with E-state index >= 15 is 0 Å². The highest BCUT2D eigenvalue weighted by molar-refractivity contribution is 6.02. The Balaban J connectivity index is 1.16. The third-order valence-corrected chi connectivity index (χ3v) is 8.71. The molecule has 0 saturated carbocycles. The first-order chi connectivity index (χ1) is 22.9. The van der Waals surface area contributed by atoms with Gasteiger partial charge in [-0.15, -0.1) is 0 Å². The minimum Gasteiger partial charge on any atom is -0.384 e. The number of H-pyrrole nitrogens is 2. The van der Waals surface area contributed by atoms with Crippen molar-refractivity contribution in [1.29, 1.82) is 0 Å². The minimum absolute atomic E-state index is 0.00428. The second kappa shape index (κ2) is 13.3. The first-order valence-electron chi connectivity index (χ1n) is 16.0. The van der Waals surface area contributed by atoms with Crippen molar-refractivity contribution in [1.82, 2.24) is 35.4 Å². The molecular formula is C36H38FN9O. The summed E-state index contributed by atoms with van der Waals surface area (Å²) in [6.45, 7) is 3.48. The van der Waals surface area contributed by atoms with Gasteiger partial charge in [-0.3, -0.25) is 19.9 Å². The quantitative estimate of drug-likeness (QED) is 0.121. The van der Waals surface area contributed by atoms with E-state index in [1.807, 2.05) is 50.5 Å². The summed E-state index contributed by atoms with van der Waals surface area (Å²) in [5.41, 5.74) is 7.90. The molecule has 0 spiro atoms. The van der Waals surface area contributed by atoms with Crippen LogP contribution in [0.15, 0.2) is 73.2 Å². The van der Waals surface area contributed by atoms with Gasteiger partial charge in [0, 0.05) is 53.2 Å². The van der Waals surface area contributed by atoms with Crippen molar-refractivity contribution in [3.63, 3.8) is 0 Å². The normalized spacial score (nSPS) is 13.9. The van der Waals surface area contributed by atoms with Gasteiger partial charge in [-0.25, -0.2) is 4.39 Å². The number of anilines is 2. The van der Waals surface area contributed by atoms with Crippen LogP contribution in [0.25, 0.3) is 55.6 Å². The second-order valence-corrected chi connectivity index (χ2v) is 12.5. The Morgan fingerprint density at radius 2 is 1.81 bits per heavy atom. The Morgan fingerprint density at radius 1 is 0.957 bits per heavy atom. The molecule has 6 aromatic rings. The van der Waals surface area contributed by atoms with Crippen LogP contribution in [0, 0.1) is 11.7 Å². The molecule has 0 atom stereocenters. The van der Waals surface area contributed by atoms with Gasteiger partial charge in [0.05, 0.1) is 35.0 Å². The number of aromatic amines is 2.